The van der Waals surface area contributed by atoms with E-state index in [0.29, 0.717) is 91.3 Å². The summed E-state index contributed by atoms with van der Waals surface area (Å²) in [5.74, 6) is 2.42. The lowest BCUT2D eigenvalue weighted by Gasteiger charge is -2.18. The van der Waals surface area contributed by atoms with E-state index in [1.54, 1.807) is 0 Å². The van der Waals surface area contributed by atoms with Crippen LogP contribution in [0.4, 0.5) is 0 Å². The zero-order valence-electron chi connectivity index (χ0n) is 20.6. The fraction of sp³-hybridized carbons (Fsp3) is 0.571. The number of aromatic amines is 3. The second kappa shape index (κ2) is 12.1. The molecular formula is C21H33BN6O6. The molecule has 0 saturated carbocycles. The summed E-state index contributed by atoms with van der Waals surface area (Å²) < 4.78 is 35.4. The van der Waals surface area contributed by atoms with Gasteiger partial charge in [0.05, 0.1) is 56.0 Å². The Morgan fingerprint density at radius 2 is 0.735 bits per heavy atom. The Morgan fingerprint density at radius 3 is 0.971 bits per heavy atom. The minimum Gasteiger partial charge on any atom is -0.479 e. The molecule has 0 saturated heterocycles. The maximum Gasteiger partial charge on any atom is 0.283 e. The maximum absolute atomic E-state index is 5.92. The average molecular weight is 476 g/mol. The van der Waals surface area contributed by atoms with Crippen LogP contribution < -0.4 is 44.8 Å². The summed E-state index contributed by atoms with van der Waals surface area (Å²) in [6.45, 7) is 13.2. The highest BCUT2D eigenvalue weighted by Crippen LogP contribution is 2.24. The summed E-state index contributed by atoms with van der Waals surface area (Å²) in [5.41, 5.74) is 1.86. The van der Waals surface area contributed by atoms with Gasteiger partial charge in [0, 0.05) is 0 Å². The molecule has 3 aromatic heterocycles. The van der Waals surface area contributed by atoms with Crippen molar-refractivity contribution in [3.05, 3.63) is 0 Å². The van der Waals surface area contributed by atoms with Crippen LogP contribution in [0, 0.1) is 0 Å². The first-order valence-corrected chi connectivity index (χ1v) is 11.7. The van der Waals surface area contributed by atoms with Crippen LogP contribution in [-0.2, 0) is 0 Å². The van der Waals surface area contributed by atoms with E-state index in [0.717, 1.165) is 0 Å². The highest BCUT2D eigenvalue weighted by molar-refractivity contribution is 6.98. The molecule has 3 aromatic rings. The van der Waals surface area contributed by atoms with Crippen LogP contribution in [0.15, 0.2) is 0 Å². The van der Waals surface area contributed by atoms with Gasteiger partial charge in [0.25, 0.3) is 6.71 Å². The van der Waals surface area contributed by atoms with Gasteiger partial charge < -0.3 is 28.4 Å². The monoisotopic (exact) mass is 476 g/mol. The molecule has 34 heavy (non-hydrogen) atoms. The van der Waals surface area contributed by atoms with Gasteiger partial charge in [-0.15, -0.1) is 15.3 Å². The third kappa shape index (κ3) is 5.02. The third-order valence-corrected chi connectivity index (χ3v) is 4.78. The van der Waals surface area contributed by atoms with Crippen LogP contribution in [0.25, 0.3) is 0 Å². The predicted molar refractivity (Wildman–Crippen MR) is 127 cm³/mol. The number of hydrogen-bond donors (Lipinski definition) is 3. The van der Waals surface area contributed by atoms with Crippen molar-refractivity contribution in [3.8, 4) is 35.3 Å². The van der Waals surface area contributed by atoms with Gasteiger partial charge in [-0.25, -0.2) is 15.3 Å². The average Bonchev–Trinajstić information content (AvgIpc) is 3.51. The first-order chi connectivity index (χ1) is 16.6. The van der Waals surface area contributed by atoms with Crippen LogP contribution in [0.2, 0.25) is 0 Å². The van der Waals surface area contributed by atoms with Crippen molar-refractivity contribution >= 4 is 23.1 Å². The van der Waals surface area contributed by atoms with Crippen LogP contribution in [0.3, 0.4) is 0 Å². The maximum atomic E-state index is 5.92. The van der Waals surface area contributed by atoms with Gasteiger partial charge in [-0.1, -0.05) is 0 Å². The number of nitrogens with zero attached hydrogens (tertiary/aromatic N) is 3. The number of hydrogen-bond acceptors (Lipinski definition) is 9. The summed E-state index contributed by atoms with van der Waals surface area (Å²) in [7, 11) is 0. The van der Waals surface area contributed by atoms with Crippen molar-refractivity contribution < 1.29 is 28.4 Å². The van der Waals surface area contributed by atoms with Crippen molar-refractivity contribution in [2.75, 3.05) is 39.6 Å². The molecule has 12 nitrogen and oxygen atoms in total. The van der Waals surface area contributed by atoms with Gasteiger partial charge in [0.2, 0.25) is 35.3 Å². The summed E-state index contributed by atoms with van der Waals surface area (Å²) in [5, 5.41) is 22.0. The van der Waals surface area contributed by atoms with Gasteiger partial charge in [0.1, 0.15) is 0 Å². The minimum absolute atomic E-state index is 0.369. The van der Waals surface area contributed by atoms with Crippen molar-refractivity contribution in [1.82, 2.24) is 30.6 Å². The van der Waals surface area contributed by atoms with Crippen molar-refractivity contribution in [2.24, 2.45) is 0 Å². The summed E-state index contributed by atoms with van der Waals surface area (Å²) in [6, 6.07) is 0. The van der Waals surface area contributed by atoms with Gasteiger partial charge in [0.15, 0.2) is 0 Å². The van der Waals surface area contributed by atoms with E-state index < -0.39 is 6.71 Å². The van der Waals surface area contributed by atoms with E-state index >= 15 is 0 Å². The Hall–Kier alpha value is -3.51. The SMILES string of the molecule is CCOc1n[nH]c(OCC)c1B(c1c(OCC)n[nH]c1OCC)c1c(OCC)n[nH]c1OCC. The van der Waals surface area contributed by atoms with Crippen LogP contribution in [0.1, 0.15) is 41.5 Å². The fourth-order valence-corrected chi connectivity index (χ4v) is 3.66. The molecule has 3 rings (SSSR count). The number of ether oxygens (including phenoxy) is 6. The Balaban J connectivity index is 2.38. The van der Waals surface area contributed by atoms with Crippen molar-refractivity contribution in [2.45, 2.75) is 41.5 Å². The minimum atomic E-state index is -0.634. The molecule has 0 aliphatic heterocycles. The molecule has 0 amide bonds. The van der Waals surface area contributed by atoms with E-state index in [2.05, 4.69) is 30.6 Å². The predicted octanol–water partition coefficient (Wildman–Crippen LogP) is 0.764. The molecule has 3 heterocycles. The smallest absolute Gasteiger partial charge is 0.283 e. The van der Waals surface area contributed by atoms with Gasteiger partial charge in [-0.05, 0) is 41.5 Å². The van der Waals surface area contributed by atoms with Gasteiger partial charge in [-0.3, -0.25) is 0 Å². The van der Waals surface area contributed by atoms with Crippen molar-refractivity contribution in [3.63, 3.8) is 0 Å². The van der Waals surface area contributed by atoms with Crippen molar-refractivity contribution in [1.29, 1.82) is 0 Å². The molecule has 0 aliphatic rings. The highest BCUT2D eigenvalue weighted by Gasteiger charge is 2.43. The van der Waals surface area contributed by atoms with E-state index in [4.69, 9.17) is 28.4 Å². The molecule has 0 atom stereocenters. The van der Waals surface area contributed by atoms with Crippen LogP contribution in [0.5, 0.6) is 35.3 Å². The number of rotatable bonds is 15. The first-order valence-electron chi connectivity index (χ1n) is 11.7. The molecular weight excluding hydrogens is 443 g/mol. The first kappa shape index (κ1) is 25.1. The third-order valence-electron chi connectivity index (χ3n) is 4.78. The summed E-state index contributed by atoms with van der Waals surface area (Å²) in [4.78, 5) is 0. The molecule has 0 aromatic carbocycles. The number of nitrogens with one attached hydrogen (secondary N) is 3. The lowest BCUT2D eigenvalue weighted by molar-refractivity contribution is 0.326. The number of aromatic nitrogens is 6. The van der Waals surface area contributed by atoms with Gasteiger partial charge >= 0.3 is 0 Å². The molecule has 0 fully saturated rings. The molecule has 0 unspecified atom stereocenters. The molecule has 13 heteroatoms. The molecule has 0 radical (unpaired) electrons. The second-order valence-corrected chi connectivity index (χ2v) is 6.85. The van der Waals surface area contributed by atoms with E-state index in [-0.39, 0.29) is 0 Å². The lowest BCUT2D eigenvalue weighted by atomic mass is 9.37. The topological polar surface area (TPSA) is 141 Å². The van der Waals surface area contributed by atoms with Crippen LogP contribution in [-0.4, -0.2) is 76.9 Å². The quantitative estimate of drug-likeness (QED) is 0.271. The molecule has 0 aliphatic carbocycles. The largest absolute Gasteiger partial charge is 0.479 e. The fourth-order valence-electron chi connectivity index (χ4n) is 3.66. The van der Waals surface area contributed by atoms with Crippen LogP contribution >= 0.6 is 0 Å². The van der Waals surface area contributed by atoms with E-state index in [1.807, 2.05) is 41.5 Å². The second-order valence-electron chi connectivity index (χ2n) is 6.85. The van der Waals surface area contributed by atoms with Gasteiger partial charge in [-0.2, -0.15) is 0 Å². The standard InChI is InChI=1S/C21H33BN6O6/c1-7-29-16-13(17(24-23-16)30-8-2)22(14-18(31-9-3)25-26-19(14)32-10-4)15-20(33-11-5)27-28-21(15)34-12-6/h7-12H2,1-6H3,(H,23,24)(H,25,26)(H,27,28). The molecule has 186 valence electrons. The Kier molecular flexibility index (Phi) is 8.94. The Labute approximate surface area is 199 Å². The zero-order chi connectivity index (χ0) is 24.5. The normalized spacial score (nSPS) is 10.8. The lowest BCUT2D eigenvalue weighted by Crippen LogP contribution is -2.53. The Morgan fingerprint density at radius 1 is 0.471 bits per heavy atom. The Bertz CT molecular complexity index is 836. The number of H-pyrrole nitrogens is 3. The zero-order valence-corrected chi connectivity index (χ0v) is 20.6. The van der Waals surface area contributed by atoms with E-state index in [1.165, 1.54) is 0 Å². The highest BCUT2D eigenvalue weighted by atomic mass is 16.5. The molecule has 0 spiro atoms. The summed E-state index contributed by atoms with van der Waals surface area (Å²) in [6.07, 6.45) is 0. The van der Waals surface area contributed by atoms with E-state index in [9.17, 15) is 0 Å². The molecule has 0 bridgehead atoms. The molecule has 3 N–H and O–H groups in total. The summed E-state index contributed by atoms with van der Waals surface area (Å²) >= 11 is 0.